The van der Waals surface area contributed by atoms with E-state index >= 15 is 0 Å². The number of hydrogen-bond donors (Lipinski definition) is 1. The van der Waals surface area contributed by atoms with E-state index in [0.717, 1.165) is 12.0 Å². The third-order valence-electron chi connectivity index (χ3n) is 3.53. The summed E-state index contributed by atoms with van der Waals surface area (Å²) in [5, 5.41) is 3.95. The fourth-order valence-electron chi connectivity index (χ4n) is 2.24. The first kappa shape index (κ1) is 18.4. The van der Waals surface area contributed by atoms with Crippen LogP contribution in [0, 0.1) is 0 Å². The molecule has 2 aromatic rings. The largest absolute Gasteiger partial charge is 0.493 e. The van der Waals surface area contributed by atoms with Gasteiger partial charge in [-0.1, -0.05) is 19.1 Å². The number of ether oxygens (including phenoxy) is 1. The van der Waals surface area contributed by atoms with Gasteiger partial charge >= 0.3 is 0 Å². The molecule has 6 nitrogen and oxygen atoms in total. The van der Waals surface area contributed by atoms with Crippen LogP contribution in [0.5, 0.6) is 5.75 Å². The molecule has 1 aromatic carbocycles. The molecule has 6 heteroatoms. The third kappa shape index (κ3) is 4.79. The quantitative estimate of drug-likeness (QED) is 0.621. The average molecular weight is 341 g/mol. The summed E-state index contributed by atoms with van der Waals surface area (Å²) in [6, 6.07) is 10.6. The first-order valence-electron chi connectivity index (χ1n) is 8.31. The molecule has 0 radical (unpaired) electrons. The molecular weight excluding hydrogens is 318 g/mol. The van der Waals surface area contributed by atoms with Crippen molar-refractivity contribution in [1.82, 2.24) is 9.99 Å². The topological polar surface area (TPSA) is 72.7 Å². The van der Waals surface area contributed by atoms with E-state index in [-0.39, 0.29) is 17.2 Å². The zero-order valence-electron chi connectivity index (χ0n) is 14.7. The number of para-hydroxylation sites is 1. The van der Waals surface area contributed by atoms with Crippen LogP contribution >= 0.6 is 0 Å². The lowest BCUT2D eigenvalue weighted by Gasteiger charge is -2.10. The summed E-state index contributed by atoms with van der Waals surface area (Å²) in [5.41, 5.74) is 2.88. The maximum absolute atomic E-state index is 12.3. The Balaban J connectivity index is 2.12. The van der Waals surface area contributed by atoms with Gasteiger partial charge in [0.1, 0.15) is 11.3 Å². The molecule has 1 heterocycles. The van der Waals surface area contributed by atoms with Gasteiger partial charge in [0.25, 0.3) is 11.5 Å². The predicted octanol–water partition coefficient (Wildman–Crippen LogP) is 2.98. The number of benzene rings is 1. The Bertz CT molecular complexity index is 810. The molecule has 0 bridgehead atoms. The molecule has 0 spiro atoms. The Morgan fingerprint density at radius 1 is 1.28 bits per heavy atom. The van der Waals surface area contributed by atoms with E-state index in [2.05, 4.69) is 10.5 Å². The van der Waals surface area contributed by atoms with Gasteiger partial charge in [0, 0.05) is 17.8 Å². The van der Waals surface area contributed by atoms with Gasteiger partial charge in [-0.25, -0.2) is 5.43 Å². The normalized spacial score (nSPS) is 11.0. The Labute approximate surface area is 147 Å². The zero-order valence-corrected chi connectivity index (χ0v) is 14.7. The molecule has 0 atom stereocenters. The van der Waals surface area contributed by atoms with Gasteiger partial charge in [-0.05, 0) is 44.5 Å². The molecule has 0 aliphatic carbocycles. The molecule has 0 fully saturated rings. The van der Waals surface area contributed by atoms with Crippen molar-refractivity contribution in [2.45, 2.75) is 33.2 Å². The molecule has 0 aliphatic heterocycles. The van der Waals surface area contributed by atoms with Gasteiger partial charge in [-0.2, -0.15) is 5.10 Å². The summed E-state index contributed by atoms with van der Waals surface area (Å²) >= 11 is 0. The van der Waals surface area contributed by atoms with Crippen LogP contribution in [0.2, 0.25) is 0 Å². The summed E-state index contributed by atoms with van der Waals surface area (Å²) in [5.74, 6) is 0.160. The predicted molar refractivity (Wildman–Crippen MR) is 98.4 cm³/mol. The van der Waals surface area contributed by atoms with Gasteiger partial charge in [0.2, 0.25) is 0 Å². The molecule has 1 aromatic heterocycles. The fraction of sp³-hybridized carbons (Fsp3) is 0.316. The van der Waals surface area contributed by atoms with Crippen LogP contribution in [0.1, 0.15) is 49.2 Å². The lowest BCUT2D eigenvalue weighted by atomic mass is 10.2. The number of nitrogens with zero attached hydrogens (tertiary/aromatic N) is 2. The van der Waals surface area contributed by atoms with Crippen LogP contribution in [-0.4, -0.2) is 23.3 Å². The molecule has 0 saturated carbocycles. The number of hydrazone groups is 1. The molecule has 0 aliphatic rings. The van der Waals surface area contributed by atoms with E-state index in [9.17, 15) is 9.59 Å². The highest BCUT2D eigenvalue weighted by Gasteiger charge is 2.12. The SMILES string of the molecule is CCCOc1ccccc1/C=N\NC(=O)c1cccn(C(C)C)c1=O. The molecule has 0 unspecified atom stereocenters. The molecule has 1 amide bonds. The maximum atomic E-state index is 12.3. The molecule has 0 saturated heterocycles. The van der Waals surface area contributed by atoms with Gasteiger partial charge in [-0.3, -0.25) is 9.59 Å². The molecular formula is C19H23N3O3. The molecule has 25 heavy (non-hydrogen) atoms. The standard InChI is InChI=1S/C19H23N3O3/c1-4-12-25-17-10-6-5-8-15(17)13-20-21-18(23)16-9-7-11-22(14(2)3)19(16)24/h5-11,13-14H,4,12H2,1-3H3,(H,21,23)/b20-13-. The van der Waals surface area contributed by atoms with E-state index in [4.69, 9.17) is 4.74 Å². The molecule has 1 N–H and O–H groups in total. The van der Waals surface area contributed by atoms with Crippen molar-refractivity contribution in [1.29, 1.82) is 0 Å². The van der Waals surface area contributed by atoms with Crippen LogP contribution in [0.3, 0.4) is 0 Å². The maximum Gasteiger partial charge on any atom is 0.276 e. The zero-order chi connectivity index (χ0) is 18.2. The smallest absolute Gasteiger partial charge is 0.276 e. The average Bonchev–Trinajstić information content (AvgIpc) is 2.60. The Hall–Kier alpha value is -2.89. The minimum atomic E-state index is -0.539. The molecule has 132 valence electrons. The van der Waals surface area contributed by atoms with Crippen molar-refractivity contribution in [2.75, 3.05) is 6.61 Å². The van der Waals surface area contributed by atoms with E-state index in [1.54, 1.807) is 12.3 Å². The van der Waals surface area contributed by atoms with Gasteiger partial charge < -0.3 is 9.30 Å². The number of pyridine rings is 1. The van der Waals surface area contributed by atoms with Crippen molar-refractivity contribution >= 4 is 12.1 Å². The van der Waals surface area contributed by atoms with Crippen molar-refractivity contribution in [3.05, 3.63) is 64.1 Å². The van der Waals surface area contributed by atoms with Crippen molar-refractivity contribution in [3.63, 3.8) is 0 Å². The van der Waals surface area contributed by atoms with Crippen molar-refractivity contribution in [2.24, 2.45) is 5.10 Å². The van der Waals surface area contributed by atoms with Crippen LogP contribution < -0.4 is 15.7 Å². The highest BCUT2D eigenvalue weighted by atomic mass is 16.5. The number of carbonyl (C=O) groups is 1. The van der Waals surface area contributed by atoms with E-state index in [1.165, 1.54) is 16.8 Å². The fourth-order valence-corrected chi connectivity index (χ4v) is 2.24. The highest BCUT2D eigenvalue weighted by Crippen LogP contribution is 2.15. The molecule has 2 rings (SSSR count). The van der Waals surface area contributed by atoms with Crippen LogP contribution in [0.4, 0.5) is 0 Å². The van der Waals surface area contributed by atoms with Crippen molar-refractivity contribution in [3.8, 4) is 5.75 Å². The summed E-state index contributed by atoms with van der Waals surface area (Å²) in [7, 11) is 0. The highest BCUT2D eigenvalue weighted by molar-refractivity contribution is 5.94. The van der Waals surface area contributed by atoms with Crippen molar-refractivity contribution < 1.29 is 9.53 Å². The van der Waals surface area contributed by atoms with Gasteiger partial charge in [0.15, 0.2) is 0 Å². The minimum absolute atomic E-state index is 0.0219. The van der Waals surface area contributed by atoms with E-state index in [1.807, 2.05) is 45.0 Å². The lowest BCUT2D eigenvalue weighted by molar-refractivity contribution is 0.0953. The minimum Gasteiger partial charge on any atom is -0.493 e. The summed E-state index contributed by atoms with van der Waals surface area (Å²) < 4.78 is 7.14. The number of rotatable bonds is 7. The second kappa shape index (κ2) is 8.82. The number of amides is 1. The number of carbonyl (C=O) groups excluding carboxylic acids is 1. The number of hydrogen-bond acceptors (Lipinski definition) is 4. The van der Waals surface area contributed by atoms with Gasteiger partial charge in [-0.15, -0.1) is 0 Å². The van der Waals surface area contributed by atoms with Crippen LogP contribution in [0.15, 0.2) is 52.5 Å². The van der Waals surface area contributed by atoms with Crippen LogP contribution in [-0.2, 0) is 0 Å². The second-order valence-corrected chi connectivity index (χ2v) is 5.81. The van der Waals surface area contributed by atoms with E-state index in [0.29, 0.717) is 12.4 Å². The summed E-state index contributed by atoms with van der Waals surface area (Å²) in [6.07, 6.45) is 4.07. The second-order valence-electron chi connectivity index (χ2n) is 5.81. The summed E-state index contributed by atoms with van der Waals surface area (Å²) in [4.78, 5) is 24.5. The number of aromatic nitrogens is 1. The Kier molecular flexibility index (Phi) is 6.51. The third-order valence-corrected chi connectivity index (χ3v) is 3.53. The monoisotopic (exact) mass is 341 g/mol. The number of nitrogens with one attached hydrogen (secondary N) is 1. The lowest BCUT2D eigenvalue weighted by Crippen LogP contribution is -2.31. The summed E-state index contributed by atoms with van der Waals surface area (Å²) in [6.45, 7) is 6.40. The Morgan fingerprint density at radius 3 is 2.76 bits per heavy atom. The first-order chi connectivity index (χ1) is 12.0. The first-order valence-corrected chi connectivity index (χ1v) is 8.31. The van der Waals surface area contributed by atoms with Gasteiger partial charge in [0.05, 0.1) is 12.8 Å². The van der Waals surface area contributed by atoms with Crippen LogP contribution in [0.25, 0.3) is 0 Å². The Morgan fingerprint density at radius 2 is 2.04 bits per heavy atom. The van der Waals surface area contributed by atoms with E-state index < -0.39 is 5.91 Å².